The van der Waals surface area contributed by atoms with Crippen LogP contribution in [-0.2, 0) is 9.59 Å². The number of hydrogen-bond acceptors (Lipinski definition) is 3. The Balaban J connectivity index is 1.66. The molecular formula is C20H29NO2. The smallest absolute Gasteiger partial charge is 0.154 e. The molecule has 5 rings (SSSR count). The van der Waals surface area contributed by atoms with Crippen molar-refractivity contribution in [3.05, 3.63) is 0 Å². The second-order valence-electron chi connectivity index (χ2n) is 8.98. The number of likely N-dealkylation sites (tertiary alicyclic amines) is 1. The first-order valence-electron chi connectivity index (χ1n) is 10.0. The SMILES string of the molecule is O=C1[C@H]2CCCCCC[C@]2(N2CCCC2)C2(CC2)C(=O)C12CC2. The highest BCUT2D eigenvalue weighted by atomic mass is 16.2. The lowest BCUT2D eigenvalue weighted by molar-refractivity contribution is -0.163. The maximum absolute atomic E-state index is 13.5. The highest BCUT2D eigenvalue weighted by Gasteiger charge is 2.79. The van der Waals surface area contributed by atoms with Gasteiger partial charge in [-0.25, -0.2) is 0 Å². The van der Waals surface area contributed by atoms with Crippen molar-refractivity contribution >= 4 is 11.6 Å². The highest BCUT2D eigenvalue weighted by molar-refractivity contribution is 6.17. The zero-order valence-corrected chi connectivity index (χ0v) is 14.2. The molecule has 5 aliphatic rings. The number of rotatable bonds is 1. The first-order valence-corrected chi connectivity index (χ1v) is 10.0. The second-order valence-corrected chi connectivity index (χ2v) is 8.98. The van der Waals surface area contributed by atoms with Gasteiger partial charge in [0.25, 0.3) is 0 Å². The number of ketones is 2. The molecule has 1 saturated heterocycles. The van der Waals surface area contributed by atoms with Crippen molar-refractivity contribution in [2.45, 2.75) is 82.6 Å². The lowest BCUT2D eigenvalue weighted by Crippen LogP contribution is -2.69. The van der Waals surface area contributed by atoms with Crippen molar-refractivity contribution in [2.24, 2.45) is 16.7 Å². The van der Waals surface area contributed by atoms with E-state index < -0.39 is 5.41 Å². The van der Waals surface area contributed by atoms with Gasteiger partial charge in [-0.2, -0.15) is 0 Å². The van der Waals surface area contributed by atoms with Crippen LogP contribution in [0.5, 0.6) is 0 Å². The van der Waals surface area contributed by atoms with E-state index >= 15 is 0 Å². The van der Waals surface area contributed by atoms with Crippen molar-refractivity contribution in [3.8, 4) is 0 Å². The van der Waals surface area contributed by atoms with E-state index in [-0.39, 0.29) is 16.9 Å². The first-order chi connectivity index (χ1) is 11.2. The standard InChI is InChI=1S/C20H29NO2/c22-16-15-7-3-1-2-4-8-20(15,21-13-5-6-14-21)19(11-12-19)17(23)18(16)9-10-18/h15H,1-14H2/t15-,20-/m1/s1. The summed E-state index contributed by atoms with van der Waals surface area (Å²) >= 11 is 0. The van der Waals surface area contributed by atoms with Gasteiger partial charge in [0, 0.05) is 16.9 Å². The normalized spacial score (nSPS) is 41.7. The number of nitrogens with zero attached hydrogens (tertiary/aromatic N) is 1. The molecule has 23 heavy (non-hydrogen) atoms. The minimum atomic E-state index is -0.510. The monoisotopic (exact) mass is 315 g/mol. The van der Waals surface area contributed by atoms with Crippen molar-refractivity contribution < 1.29 is 9.59 Å². The summed E-state index contributed by atoms with van der Waals surface area (Å²) in [4.78, 5) is 29.6. The Bertz CT molecular complexity index is 554. The third-order valence-corrected chi connectivity index (χ3v) is 8.03. The van der Waals surface area contributed by atoms with Gasteiger partial charge in [-0.1, -0.05) is 25.7 Å². The van der Waals surface area contributed by atoms with Gasteiger partial charge in [-0.05, 0) is 64.5 Å². The molecule has 2 atom stereocenters. The van der Waals surface area contributed by atoms with Crippen LogP contribution >= 0.6 is 0 Å². The molecule has 5 fully saturated rings. The quantitative estimate of drug-likeness (QED) is 0.695. The summed E-state index contributed by atoms with van der Waals surface area (Å²) in [6.07, 6.45) is 13.4. The van der Waals surface area contributed by atoms with E-state index in [0.29, 0.717) is 11.6 Å². The van der Waals surface area contributed by atoms with Crippen molar-refractivity contribution in [1.82, 2.24) is 4.90 Å². The van der Waals surface area contributed by atoms with Crippen LogP contribution in [0.4, 0.5) is 0 Å². The predicted octanol–water partition coefficient (Wildman–Crippen LogP) is 3.50. The molecule has 1 aliphatic heterocycles. The van der Waals surface area contributed by atoms with Gasteiger partial charge >= 0.3 is 0 Å². The summed E-state index contributed by atoms with van der Waals surface area (Å²) in [5, 5.41) is 0. The van der Waals surface area contributed by atoms with Crippen LogP contribution in [0.2, 0.25) is 0 Å². The number of Topliss-reactive ketones (excluding diaryl/α,β-unsaturated/α-hetero) is 2. The van der Waals surface area contributed by atoms with Crippen LogP contribution in [-0.4, -0.2) is 35.1 Å². The molecule has 3 nitrogen and oxygen atoms in total. The van der Waals surface area contributed by atoms with Crippen LogP contribution in [0.15, 0.2) is 0 Å². The van der Waals surface area contributed by atoms with E-state index in [9.17, 15) is 9.59 Å². The number of carbonyl (C=O) groups is 2. The molecule has 126 valence electrons. The van der Waals surface area contributed by atoms with E-state index in [1.165, 1.54) is 38.5 Å². The Kier molecular flexibility index (Phi) is 2.98. The van der Waals surface area contributed by atoms with E-state index in [2.05, 4.69) is 4.90 Å². The van der Waals surface area contributed by atoms with E-state index in [1.807, 2.05) is 0 Å². The van der Waals surface area contributed by atoms with Crippen LogP contribution in [0, 0.1) is 16.7 Å². The third-order valence-electron chi connectivity index (χ3n) is 8.03. The number of fused-ring (bicyclic) bond motifs is 2. The maximum atomic E-state index is 13.5. The minimum absolute atomic E-state index is 0.0913. The number of carbonyl (C=O) groups excluding carboxylic acids is 2. The van der Waals surface area contributed by atoms with Crippen LogP contribution in [0.1, 0.15) is 77.0 Å². The predicted molar refractivity (Wildman–Crippen MR) is 88.1 cm³/mol. The fourth-order valence-corrected chi connectivity index (χ4v) is 6.71. The Morgan fingerprint density at radius 1 is 0.783 bits per heavy atom. The van der Waals surface area contributed by atoms with Crippen LogP contribution in [0.25, 0.3) is 0 Å². The van der Waals surface area contributed by atoms with Crippen LogP contribution in [0.3, 0.4) is 0 Å². The highest BCUT2D eigenvalue weighted by Crippen LogP contribution is 2.72. The van der Waals surface area contributed by atoms with Gasteiger partial charge in [0.15, 0.2) is 11.6 Å². The van der Waals surface area contributed by atoms with E-state index in [4.69, 9.17) is 0 Å². The molecule has 0 aromatic rings. The first kappa shape index (κ1) is 14.6. The second kappa shape index (κ2) is 4.68. The summed E-state index contributed by atoms with van der Waals surface area (Å²) in [5.41, 5.74) is -0.737. The molecule has 0 radical (unpaired) electrons. The average Bonchev–Trinajstić information content (AvgIpc) is 3.44. The summed E-state index contributed by atoms with van der Waals surface area (Å²) in [6.45, 7) is 2.23. The lowest BCUT2D eigenvalue weighted by Gasteiger charge is -2.57. The van der Waals surface area contributed by atoms with Crippen molar-refractivity contribution in [3.63, 3.8) is 0 Å². The fraction of sp³-hybridized carbons (Fsp3) is 0.900. The molecule has 4 aliphatic carbocycles. The Morgan fingerprint density at radius 3 is 2.13 bits per heavy atom. The Hall–Kier alpha value is -0.700. The van der Waals surface area contributed by atoms with Crippen molar-refractivity contribution in [1.29, 1.82) is 0 Å². The zero-order valence-electron chi connectivity index (χ0n) is 14.2. The molecule has 4 saturated carbocycles. The molecule has 0 aromatic carbocycles. The van der Waals surface area contributed by atoms with Gasteiger partial charge in [0.1, 0.15) is 0 Å². The Labute approximate surface area is 139 Å². The largest absolute Gasteiger partial charge is 0.298 e. The van der Waals surface area contributed by atoms with Gasteiger partial charge in [0.2, 0.25) is 0 Å². The molecule has 3 heteroatoms. The average molecular weight is 315 g/mol. The molecule has 0 aromatic heterocycles. The van der Waals surface area contributed by atoms with Gasteiger partial charge in [0.05, 0.1) is 5.41 Å². The van der Waals surface area contributed by atoms with E-state index in [0.717, 1.165) is 51.6 Å². The van der Waals surface area contributed by atoms with Crippen LogP contribution < -0.4 is 0 Å². The maximum Gasteiger partial charge on any atom is 0.154 e. The molecule has 0 unspecified atom stereocenters. The summed E-state index contributed by atoms with van der Waals surface area (Å²) in [5.74, 6) is 0.913. The van der Waals surface area contributed by atoms with Gasteiger partial charge < -0.3 is 0 Å². The zero-order chi connectivity index (χ0) is 15.7. The summed E-state index contributed by atoms with van der Waals surface area (Å²) < 4.78 is 0. The van der Waals surface area contributed by atoms with Crippen molar-refractivity contribution in [2.75, 3.05) is 13.1 Å². The van der Waals surface area contributed by atoms with Gasteiger partial charge in [-0.3, -0.25) is 14.5 Å². The molecular weight excluding hydrogens is 286 g/mol. The molecule has 2 spiro atoms. The topological polar surface area (TPSA) is 37.4 Å². The lowest BCUT2D eigenvalue weighted by atomic mass is 9.53. The summed E-state index contributed by atoms with van der Waals surface area (Å²) in [7, 11) is 0. The molecule has 1 heterocycles. The number of hydrogen-bond donors (Lipinski definition) is 0. The molecule has 0 amide bonds. The minimum Gasteiger partial charge on any atom is -0.298 e. The summed E-state index contributed by atoms with van der Waals surface area (Å²) in [6, 6.07) is 0. The molecule has 0 N–H and O–H groups in total. The van der Waals surface area contributed by atoms with Gasteiger partial charge in [-0.15, -0.1) is 0 Å². The fourth-order valence-electron chi connectivity index (χ4n) is 6.71. The Morgan fingerprint density at radius 2 is 1.48 bits per heavy atom. The van der Waals surface area contributed by atoms with E-state index in [1.54, 1.807) is 0 Å². The third kappa shape index (κ3) is 1.65. The molecule has 0 bridgehead atoms.